The van der Waals surface area contributed by atoms with E-state index in [-0.39, 0.29) is 18.1 Å². The third-order valence-electron chi connectivity index (χ3n) is 4.78. The molecule has 0 aliphatic carbocycles. The fraction of sp³-hybridized carbons (Fsp3) is 0.364. The third-order valence-corrected chi connectivity index (χ3v) is 6.17. The summed E-state index contributed by atoms with van der Waals surface area (Å²) in [7, 11) is -3.90. The minimum absolute atomic E-state index is 0.0263. The first-order valence-corrected chi connectivity index (χ1v) is 12.3. The number of amides is 2. The molecule has 0 radical (unpaired) electrons. The van der Waals surface area contributed by atoms with Crippen molar-refractivity contribution in [3.8, 4) is 0 Å². The average Bonchev–Trinajstić information content (AvgIpc) is 2.72. The molecular weight excluding hydrogens is 457 g/mol. The molecule has 2 aromatic rings. The fourth-order valence-corrected chi connectivity index (χ4v) is 4.21. The monoisotopic (exact) mass is 483 g/mol. The number of halogens is 2. The summed E-state index contributed by atoms with van der Waals surface area (Å²) in [6, 6.07) is 11.0. The average molecular weight is 484 g/mol. The van der Waals surface area contributed by atoms with Gasteiger partial charge in [-0.25, -0.2) is 12.8 Å². The Hall–Kier alpha value is -2.65. The number of rotatable bonds is 10. The number of likely N-dealkylation sites (N-methyl/N-ethyl adjacent to an activating group) is 1. The van der Waals surface area contributed by atoms with Crippen LogP contribution in [0.1, 0.15) is 25.8 Å². The zero-order chi connectivity index (χ0) is 23.9. The number of nitrogens with zero attached hydrogens (tertiary/aromatic N) is 2. The summed E-state index contributed by atoms with van der Waals surface area (Å²) >= 11 is 5.94. The van der Waals surface area contributed by atoms with Gasteiger partial charge in [-0.1, -0.05) is 36.7 Å². The van der Waals surface area contributed by atoms with E-state index in [1.165, 1.54) is 23.1 Å². The van der Waals surface area contributed by atoms with Gasteiger partial charge in [0, 0.05) is 18.1 Å². The summed E-state index contributed by atoms with van der Waals surface area (Å²) in [6.07, 6.45) is 1.26. The van der Waals surface area contributed by atoms with Crippen LogP contribution >= 0.6 is 11.6 Å². The minimum Gasteiger partial charge on any atom is -0.355 e. The molecule has 1 N–H and O–H groups in total. The van der Waals surface area contributed by atoms with Gasteiger partial charge in [-0.05, 0) is 49.2 Å². The first-order valence-electron chi connectivity index (χ1n) is 10.1. The van der Waals surface area contributed by atoms with Crippen LogP contribution in [0.2, 0.25) is 5.02 Å². The molecule has 2 amide bonds. The molecule has 0 heterocycles. The maximum absolute atomic E-state index is 13.7. The van der Waals surface area contributed by atoms with Crippen molar-refractivity contribution in [1.82, 2.24) is 10.2 Å². The van der Waals surface area contributed by atoms with Gasteiger partial charge in [0.2, 0.25) is 21.8 Å². The molecule has 2 rings (SSSR count). The second-order valence-electron chi connectivity index (χ2n) is 7.22. The van der Waals surface area contributed by atoms with Crippen LogP contribution in [0.25, 0.3) is 0 Å². The van der Waals surface area contributed by atoms with Crippen molar-refractivity contribution < 1.29 is 22.4 Å². The quantitative estimate of drug-likeness (QED) is 0.562. The van der Waals surface area contributed by atoms with E-state index in [2.05, 4.69) is 5.32 Å². The Labute approximate surface area is 193 Å². The zero-order valence-electron chi connectivity index (χ0n) is 18.2. The van der Waals surface area contributed by atoms with Gasteiger partial charge >= 0.3 is 0 Å². The van der Waals surface area contributed by atoms with Crippen molar-refractivity contribution in [2.75, 3.05) is 23.7 Å². The summed E-state index contributed by atoms with van der Waals surface area (Å²) in [5.41, 5.74) is 0.750. The maximum atomic E-state index is 13.7. The zero-order valence-corrected chi connectivity index (χ0v) is 19.8. The molecule has 0 aliphatic rings. The summed E-state index contributed by atoms with van der Waals surface area (Å²) < 4.78 is 39.4. The summed E-state index contributed by atoms with van der Waals surface area (Å²) in [5, 5.41) is 3.24. The predicted molar refractivity (Wildman–Crippen MR) is 123 cm³/mol. The Morgan fingerprint density at radius 3 is 2.31 bits per heavy atom. The molecule has 0 spiro atoms. The molecule has 174 valence electrons. The fourth-order valence-electron chi connectivity index (χ4n) is 3.24. The van der Waals surface area contributed by atoms with E-state index in [4.69, 9.17) is 11.6 Å². The molecule has 1 atom stereocenters. The van der Waals surface area contributed by atoms with Crippen molar-refractivity contribution in [2.45, 2.75) is 32.9 Å². The van der Waals surface area contributed by atoms with Crippen LogP contribution in [0.3, 0.4) is 0 Å². The van der Waals surface area contributed by atoms with Crippen molar-refractivity contribution in [3.05, 3.63) is 64.9 Å². The van der Waals surface area contributed by atoms with E-state index in [0.29, 0.717) is 18.0 Å². The first-order chi connectivity index (χ1) is 15.1. The highest BCUT2D eigenvalue weighted by Crippen LogP contribution is 2.21. The van der Waals surface area contributed by atoms with E-state index in [1.807, 2.05) is 0 Å². The lowest BCUT2D eigenvalue weighted by atomic mass is 10.1. The SMILES string of the molecule is CCNC(=O)[C@H](CC)N(Cc1ccc(Cl)cc1)C(=O)CN(c1cccc(F)c1)S(C)(=O)=O. The molecular formula is C22H27ClFN3O4S. The van der Waals surface area contributed by atoms with Gasteiger partial charge in [0.15, 0.2) is 0 Å². The lowest BCUT2D eigenvalue weighted by Gasteiger charge is -2.32. The van der Waals surface area contributed by atoms with Gasteiger partial charge in [-0.2, -0.15) is 0 Å². The minimum atomic E-state index is -3.90. The molecule has 10 heteroatoms. The number of sulfonamides is 1. The van der Waals surface area contributed by atoms with Gasteiger partial charge in [0.25, 0.3) is 0 Å². The van der Waals surface area contributed by atoms with Crippen LogP contribution in [0.15, 0.2) is 48.5 Å². The lowest BCUT2D eigenvalue weighted by molar-refractivity contribution is -0.140. The number of carbonyl (C=O) groups excluding carboxylic acids is 2. The molecule has 2 aromatic carbocycles. The largest absolute Gasteiger partial charge is 0.355 e. The molecule has 0 bridgehead atoms. The van der Waals surface area contributed by atoms with Gasteiger partial charge in [0.1, 0.15) is 18.4 Å². The molecule has 0 unspecified atom stereocenters. The number of nitrogens with one attached hydrogen (secondary N) is 1. The van der Waals surface area contributed by atoms with Crippen LogP contribution in [-0.4, -0.2) is 50.5 Å². The van der Waals surface area contributed by atoms with E-state index < -0.39 is 34.3 Å². The molecule has 0 saturated heterocycles. The van der Waals surface area contributed by atoms with Gasteiger partial charge in [-0.3, -0.25) is 13.9 Å². The van der Waals surface area contributed by atoms with Crippen LogP contribution in [0, 0.1) is 5.82 Å². The Bertz CT molecular complexity index is 1050. The van der Waals surface area contributed by atoms with E-state index in [0.717, 1.165) is 22.2 Å². The highest BCUT2D eigenvalue weighted by atomic mass is 35.5. The second kappa shape index (κ2) is 11.3. The number of benzene rings is 2. The number of hydrogen-bond acceptors (Lipinski definition) is 4. The number of anilines is 1. The second-order valence-corrected chi connectivity index (χ2v) is 9.56. The van der Waals surface area contributed by atoms with E-state index in [9.17, 15) is 22.4 Å². The maximum Gasteiger partial charge on any atom is 0.244 e. The molecule has 0 saturated carbocycles. The van der Waals surface area contributed by atoms with Gasteiger partial charge in [0.05, 0.1) is 11.9 Å². The normalized spacial score (nSPS) is 12.2. The van der Waals surface area contributed by atoms with Crippen LogP contribution in [0.5, 0.6) is 0 Å². The third kappa shape index (κ3) is 6.93. The number of hydrogen-bond donors (Lipinski definition) is 1. The van der Waals surface area contributed by atoms with Crippen LogP contribution < -0.4 is 9.62 Å². The van der Waals surface area contributed by atoms with E-state index in [1.54, 1.807) is 38.1 Å². The molecule has 32 heavy (non-hydrogen) atoms. The highest BCUT2D eigenvalue weighted by molar-refractivity contribution is 7.92. The standard InChI is InChI=1S/C22H27ClFN3O4S/c1-4-20(22(29)25-5-2)26(14-16-9-11-17(23)12-10-16)21(28)15-27(32(3,30)31)19-8-6-7-18(24)13-19/h6-13,20H,4-5,14-15H2,1-3H3,(H,25,29)/t20-/m0/s1. The van der Waals surface area contributed by atoms with Gasteiger partial charge < -0.3 is 10.2 Å². The van der Waals surface area contributed by atoms with Crippen LogP contribution in [-0.2, 0) is 26.2 Å². The van der Waals surface area contributed by atoms with Crippen molar-refractivity contribution >= 4 is 39.1 Å². The summed E-state index contributed by atoms with van der Waals surface area (Å²) in [4.78, 5) is 27.4. The molecule has 0 fully saturated rings. The smallest absolute Gasteiger partial charge is 0.244 e. The summed E-state index contributed by atoms with van der Waals surface area (Å²) in [6.45, 7) is 3.42. The van der Waals surface area contributed by atoms with Crippen molar-refractivity contribution in [1.29, 1.82) is 0 Å². The first kappa shape index (κ1) is 25.6. The lowest BCUT2D eigenvalue weighted by Crippen LogP contribution is -2.52. The number of carbonyl (C=O) groups is 2. The summed E-state index contributed by atoms with van der Waals surface area (Å²) in [5.74, 6) is -1.56. The topological polar surface area (TPSA) is 86.8 Å². The Morgan fingerprint density at radius 1 is 1.12 bits per heavy atom. The highest BCUT2D eigenvalue weighted by Gasteiger charge is 2.31. The Kier molecular flexibility index (Phi) is 9.03. The van der Waals surface area contributed by atoms with Crippen molar-refractivity contribution in [3.63, 3.8) is 0 Å². The van der Waals surface area contributed by atoms with E-state index >= 15 is 0 Å². The Balaban J connectivity index is 2.42. The van der Waals surface area contributed by atoms with Crippen LogP contribution in [0.4, 0.5) is 10.1 Å². The van der Waals surface area contributed by atoms with Gasteiger partial charge in [-0.15, -0.1) is 0 Å². The Morgan fingerprint density at radius 2 is 1.78 bits per heavy atom. The molecule has 0 aromatic heterocycles. The molecule has 7 nitrogen and oxygen atoms in total. The van der Waals surface area contributed by atoms with Crippen molar-refractivity contribution in [2.24, 2.45) is 0 Å². The predicted octanol–water partition coefficient (Wildman–Crippen LogP) is 3.19. The molecule has 0 aliphatic heterocycles.